The average Bonchev–Trinajstić information content (AvgIpc) is 2.62. The lowest BCUT2D eigenvalue weighted by atomic mass is 10.00. The molecule has 5 heteroatoms. The van der Waals surface area contributed by atoms with Crippen LogP contribution in [0.4, 0.5) is 5.69 Å². The van der Waals surface area contributed by atoms with E-state index in [4.69, 9.17) is 5.11 Å². The van der Waals surface area contributed by atoms with Crippen molar-refractivity contribution < 1.29 is 19.5 Å². The summed E-state index contributed by atoms with van der Waals surface area (Å²) >= 11 is 0. The van der Waals surface area contributed by atoms with E-state index >= 15 is 0 Å². The van der Waals surface area contributed by atoms with Gasteiger partial charge in [0.2, 0.25) is 11.8 Å². The molecule has 1 aliphatic rings. The molecule has 1 heterocycles. The Bertz CT molecular complexity index is 628. The molecular weight excluding hydrogens is 270 g/mol. The molecule has 0 aliphatic carbocycles. The Labute approximate surface area is 122 Å². The number of nitrogens with zero attached hydrogens (tertiary/aromatic N) is 1. The first kappa shape index (κ1) is 15.0. The number of hydrogen-bond acceptors (Lipinski definition) is 3. The molecule has 21 heavy (non-hydrogen) atoms. The van der Waals surface area contributed by atoms with E-state index in [0.29, 0.717) is 11.3 Å². The van der Waals surface area contributed by atoms with Gasteiger partial charge in [-0.3, -0.25) is 9.59 Å². The molecule has 2 rings (SSSR count). The van der Waals surface area contributed by atoms with Gasteiger partial charge in [0.15, 0.2) is 0 Å². The molecule has 0 radical (unpaired) electrons. The summed E-state index contributed by atoms with van der Waals surface area (Å²) in [6.45, 7) is 5.30. The van der Waals surface area contributed by atoms with Gasteiger partial charge in [-0.15, -0.1) is 0 Å². The van der Waals surface area contributed by atoms with Crippen LogP contribution in [0.25, 0.3) is 6.08 Å². The van der Waals surface area contributed by atoms with E-state index in [2.05, 4.69) is 0 Å². The molecule has 1 aliphatic heterocycles. The number of hydrogen-bond donors (Lipinski definition) is 1. The van der Waals surface area contributed by atoms with Gasteiger partial charge in [0, 0.05) is 17.9 Å². The fourth-order valence-electron chi connectivity index (χ4n) is 2.32. The first-order valence-corrected chi connectivity index (χ1v) is 6.72. The number of anilines is 1. The van der Waals surface area contributed by atoms with Crippen molar-refractivity contribution in [3.8, 4) is 0 Å². The summed E-state index contributed by atoms with van der Waals surface area (Å²) in [5, 5.41) is 8.66. The van der Waals surface area contributed by atoms with Gasteiger partial charge in [0.05, 0.1) is 5.69 Å². The summed E-state index contributed by atoms with van der Waals surface area (Å²) < 4.78 is 0. The first-order chi connectivity index (χ1) is 9.82. The summed E-state index contributed by atoms with van der Waals surface area (Å²) in [5.74, 6) is -2.15. The van der Waals surface area contributed by atoms with Gasteiger partial charge in [0.25, 0.3) is 0 Å². The summed E-state index contributed by atoms with van der Waals surface area (Å²) in [4.78, 5) is 36.3. The van der Waals surface area contributed by atoms with Crippen LogP contribution >= 0.6 is 0 Å². The molecule has 0 aromatic heterocycles. The number of aryl methyl sites for hydroxylation is 1. The number of carbonyl (C=O) groups is 3. The maximum absolute atomic E-state index is 12.2. The Kier molecular flexibility index (Phi) is 3.93. The Morgan fingerprint density at radius 3 is 2.29 bits per heavy atom. The van der Waals surface area contributed by atoms with E-state index in [1.54, 1.807) is 32.0 Å². The van der Waals surface area contributed by atoms with Gasteiger partial charge < -0.3 is 5.11 Å². The third-order valence-corrected chi connectivity index (χ3v) is 3.86. The van der Waals surface area contributed by atoms with Crippen LogP contribution in [0.5, 0.6) is 0 Å². The molecule has 1 N–H and O–H groups in total. The lowest BCUT2D eigenvalue weighted by molar-refractivity contribution is -0.131. The molecule has 0 bridgehead atoms. The highest BCUT2D eigenvalue weighted by Gasteiger charge is 2.43. The van der Waals surface area contributed by atoms with Gasteiger partial charge in [-0.2, -0.15) is 0 Å². The van der Waals surface area contributed by atoms with Crippen LogP contribution in [0, 0.1) is 18.8 Å². The predicted octanol–water partition coefficient (Wildman–Crippen LogP) is 2.24. The fraction of sp³-hybridized carbons (Fsp3) is 0.312. The SMILES string of the molecule is Cc1ccc(/C=C/C(=O)O)cc1N1C(=O)C(C)C(C)C1=O. The third kappa shape index (κ3) is 2.72. The number of carboxylic acids is 1. The molecule has 1 saturated heterocycles. The fourth-order valence-corrected chi connectivity index (χ4v) is 2.32. The zero-order valence-corrected chi connectivity index (χ0v) is 12.2. The van der Waals surface area contributed by atoms with Crippen molar-refractivity contribution in [2.75, 3.05) is 4.90 Å². The van der Waals surface area contributed by atoms with Crippen LogP contribution in [-0.4, -0.2) is 22.9 Å². The average molecular weight is 287 g/mol. The minimum Gasteiger partial charge on any atom is -0.478 e. The van der Waals surface area contributed by atoms with E-state index in [0.717, 1.165) is 11.6 Å². The van der Waals surface area contributed by atoms with Crippen LogP contribution < -0.4 is 4.90 Å². The van der Waals surface area contributed by atoms with E-state index in [1.807, 2.05) is 6.92 Å². The zero-order valence-electron chi connectivity index (χ0n) is 12.2. The molecule has 2 atom stereocenters. The van der Waals surface area contributed by atoms with Gasteiger partial charge in [-0.1, -0.05) is 26.0 Å². The van der Waals surface area contributed by atoms with Crippen LogP contribution in [0.2, 0.25) is 0 Å². The second-order valence-corrected chi connectivity index (χ2v) is 5.31. The lowest BCUT2D eigenvalue weighted by Gasteiger charge is -2.18. The Morgan fingerprint density at radius 2 is 1.76 bits per heavy atom. The topological polar surface area (TPSA) is 74.7 Å². The van der Waals surface area contributed by atoms with Crippen LogP contribution in [0.15, 0.2) is 24.3 Å². The number of carboxylic acid groups (broad SMARTS) is 1. The minimum absolute atomic E-state index is 0.213. The predicted molar refractivity (Wildman–Crippen MR) is 78.7 cm³/mol. The molecule has 1 aromatic rings. The van der Waals surface area contributed by atoms with Crippen LogP contribution in [0.1, 0.15) is 25.0 Å². The molecule has 0 saturated carbocycles. The van der Waals surface area contributed by atoms with Crippen molar-refractivity contribution in [1.82, 2.24) is 0 Å². The molecule has 1 aromatic carbocycles. The maximum atomic E-state index is 12.2. The van der Waals surface area contributed by atoms with Crippen LogP contribution in [-0.2, 0) is 14.4 Å². The standard InChI is InChI=1S/C16H17NO4/c1-9-4-5-12(6-7-14(18)19)8-13(9)17-15(20)10(2)11(3)16(17)21/h4-8,10-11H,1-3H3,(H,18,19)/b7-6+. The Hall–Kier alpha value is -2.43. The summed E-state index contributed by atoms with van der Waals surface area (Å²) in [6.07, 6.45) is 2.45. The van der Waals surface area contributed by atoms with E-state index in [1.165, 1.54) is 11.0 Å². The lowest BCUT2D eigenvalue weighted by Crippen LogP contribution is -2.31. The largest absolute Gasteiger partial charge is 0.478 e. The Morgan fingerprint density at radius 1 is 1.19 bits per heavy atom. The second-order valence-electron chi connectivity index (χ2n) is 5.31. The van der Waals surface area contributed by atoms with Crippen molar-refractivity contribution >= 4 is 29.5 Å². The van der Waals surface area contributed by atoms with E-state index in [9.17, 15) is 14.4 Å². The van der Waals surface area contributed by atoms with Gasteiger partial charge in [-0.25, -0.2) is 9.69 Å². The molecule has 5 nitrogen and oxygen atoms in total. The second kappa shape index (κ2) is 5.52. The highest BCUT2D eigenvalue weighted by Crippen LogP contribution is 2.33. The zero-order chi connectivity index (χ0) is 15.7. The first-order valence-electron chi connectivity index (χ1n) is 6.72. The highest BCUT2D eigenvalue weighted by atomic mass is 16.4. The molecule has 2 unspecified atom stereocenters. The molecule has 110 valence electrons. The van der Waals surface area contributed by atoms with Gasteiger partial charge in [0.1, 0.15) is 0 Å². The smallest absolute Gasteiger partial charge is 0.328 e. The number of carbonyl (C=O) groups excluding carboxylic acids is 2. The summed E-state index contributed by atoms with van der Waals surface area (Å²) in [6, 6.07) is 5.18. The highest BCUT2D eigenvalue weighted by molar-refractivity contribution is 6.22. The van der Waals surface area contributed by atoms with Crippen molar-refractivity contribution in [2.24, 2.45) is 11.8 Å². The van der Waals surface area contributed by atoms with Crippen molar-refractivity contribution in [2.45, 2.75) is 20.8 Å². The minimum atomic E-state index is -1.05. The van der Waals surface area contributed by atoms with Crippen molar-refractivity contribution in [1.29, 1.82) is 0 Å². The monoisotopic (exact) mass is 287 g/mol. The molecule has 0 spiro atoms. The number of amides is 2. The van der Waals surface area contributed by atoms with Crippen molar-refractivity contribution in [3.63, 3.8) is 0 Å². The number of aliphatic carboxylic acids is 1. The number of rotatable bonds is 3. The Balaban J connectivity index is 2.44. The van der Waals surface area contributed by atoms with E-state index in [-0.39, 0.29) is 23.7 Å². The summed E-state index contributed by atoms with van der Waals surface area (Å²) in [5.41, 5.74) is 1.95. The normalized spacial score (nSPS) is 22.3. The quantitative estimate of drug-likeness (QED) is 0.683. The van der Waals surface area contributed by atoms with Gasteiger partial charge >= 0.3 is 5.97 Å². The van der Waals surface area contributed by atoms with E-state index < -0.39 is 5.97 Å². The molecule has 1 fully saturated rings. The van der Waals surface area contributed by atoms with Crippen LogP contribution in [0.3, 0.4) is 0 Å². The summed E-state index contributed by atoms with van der Waals surface area (Å²) in [7, 11) is 0. The third-order valence-electron chi connectivity index (χ3n) is 3.86. The maximum Gasteiger partial charge on any atom is 0.328 e. The molecule has 2 amide bonds. The van der Waals surface area contributed by atoms with Crippen molar-refractivity contribution in [3.05, 3.63) is 35.4 Å². The number of benzene rings is 1. The number of imide groups is 1. The van der Waals surface area contributed by atoms with Gasteiger partial charge in [-0.05, 0) is 30.2 Å². The molecular formula is C16H17NO4.